The second-order valence-corrected chi connectivity index (χ2v) is 12.3. The van der Waals surface area contributed by atoms with E-state index in [1.165, 1.54) is 12.3 Å². The van der Waals surface area contributed by atoms with Crippen molar-refractivity contribution in [2.75, 3.05) is 23.3 Å². The maximum Gasteiger partial charge on any atom is 0.583 e. The number of aryl methyl sites for hydroxylation is 1. The highest BCUT2D eigenvalue weighted by atomic mass is 19.1. The van der Waals surface area contributed by atoms with Crippen LogP contribution in [0.1, 0.15) is 61.9 Å². The Kier molecular flexibility index (Phi) is 7.09. The Balaban J connectivity index is 1.40. The van der Waals surface area contributed by atoms with Crippen LogP contribution in [0.15, 0.2) is 62.9 Å². The maximum absolute atomic E-state index is 15.4. The third-order valence-corrected chi connectivity index (χ3v) is 8.62. The molecule has 7 nitrogen and oxygen atoms in total. The summed E-state index contributed by atoms with van der Waals surface area (Å²) in [6, 6.07) is 13.8. The molecule has 0 bridgehead atoms. The summed E-state index contributed by atoms with van der Waals surface area (Å²) >= 11 is 0. The molecule has 2 N–H and O–H groups in total. The minimum Gasteiger partial charge on any atom is -0.440 e. The zero-order valence-electron chi connectivity index (χ0n) is 24.6. The number of hydrogen-bond donors (Lipinski definition) is 2. The highest BCUT2D eigenvalue weighted by molar-refractivity contribution is 6.62. The fourth-order valence-corrected chi connectivity index (χ4v) is 6.01. The Hall–Kier alpha value is -4.11. The van der Waals surface area contributed by atoms with E-state index in [-0.39, 0.29) is 22.7 Å². The van der Waals surface area contributed by atoms with Crippen LogP contribution in [0.4, 0.5) is 16.0 Å². The van der Waals surface area contributed by atoms with Crippen molar-refractivity contribution in [1.29, 1.82) is 0 Å². The molecule has 6 rings (SSSR count). The Morgan fingerprint density at radius 1 is 1.12 bits per heavy atom. The van der Waals surface area contributed by atoms with Gasteiger partial charge in [-0.2, -0.15) is 0 Å². The Bertz CT molecular complexity index is 1770. The van der Waals surface area contributed by atoms with Gasteiger partial charge in [0.2, 0.25) is 5.88 Å². The van der Waals surface area contributed by atoms with E-state index in [1.54, 1.807) is 24.3 Å². The quantitative estimate of drug-likeness (QED) is 0.285. The van der Waals surface area contributed by atoms with Gasteiger partial charge in [-0.05, 0) is 80.0 Å². The minimum atomic E-state index is -1.16. The molecule has 2 aliphatic heterocycles. The Morgan fingerprint density at radius 3 is 2.64 bits per heavy atom. The lowest BCUT2D eigenvalue weighted by atomic mass is 9.75. The van der Waals surface area contributed by atoms with Crippen LogP contribution in [0.2, 0.25) is 0 Å². The predicted octanol–water partition coefficient (Wildman–Crippen LogP) is 6.07. The summed E-state index contributed by atoms with van der Waals surface area (Å²) in [6.45, 7) is 12.0. The summed E-state index contributed by atoms with van der Waals surface area (Å²) in [5, 5.41) is 17.9. The van der Waals surface area contributed by atoms with Crippen molar-refractivity contribution in [3.05, 3.63) is 86.8 Å². The number of fused-ring (bicyclic) bond motifs is 2. The van der Waals surface area contributed by atoms with E-state index in [4.69, 9.17) is 9.17 Å². The molecule has 216 valence electrons. The first-order chi connectivity index (χ1) is 20.0. The van der Waals surface area contributed by atoms with Gasteiger partial charge in [0.15, 0.2) is 5.43 Å². The van der Waals surface area contributed by atoms with Crippen molar-refractivity contribution >= 4 is 41.3 Å². The third kappa shape index (κ3) is 5.06. The van der Waals surface area contributed by atoms with Crippen molar-refractivity contribution in [3.8, 4) is 11.1 Å². The number of halogens is 1. The molecular formula is C33H35BFN3O4. The molecule has 0 amide bonds. The molecule has 4 aromatic rings. The van der Waals surface area contributed by atoms with Crippen LogP contribution in [-0.2, 0) is 4.76 Å². The second kappa shape index (κ2) is 10.6. The average molecular weight is 567 g/mol. The molecule has 0 unspecified atom stereocenters. The van der Waals surface area contributed by atoms with Gasteiger partial charge in [-0.3, -0.25) is 4.79 Å². The third-order valence-electron chi connectivity index (χ3n) is 8.62. The summed E-state index contributed by atoms with van der Waals surface area (Å²) < 4.78 is 26.9. The summed E-state index contributed by atoms with van der Waals surface area (Å²) in [5.74, 6) is 0.247. The largest absolute Gasteiger partial charge is 0.583 e. The number of hydrogen-bond acceptors (Lipinski definition) is 7. The summed E-state index contributed by atoms with van der Waals surface area (Å²) in [7, 11) is -1.16. The molecule has 9 heteroatoms. The van der Waals surface area contributed by atoms with Gasteiger partial charge in [0, 0.05) is 35.4 Å². The van der Waals surface area contributed by atoms with Gasteiger partial charge in [-0.25, -0.2) is 4.39 Å². The van der Waals surface area contributed by atoms with E-state index >= 15 is 4.39 Å². The van der Waals surface area contributed by atoms with E-state index < -0.39 is 7.12 Å². The molecule has 1 fully saturated rings. The first-order valence-electron chi connectivity index (χ1n) is 14.4. The van der Waals surface area contributed by atoms with Gasteiger partial charge in [0.25, 0.3) is 0 Å². The van der Waals surface area contributed by atoms with Crippen LogP contribution < -0.4 is 21.1 Å². The number of nitrogens with zero attached hydrogens (tertiary/aromatic N) is 2. The van der Waals surface area contributed by atoms with Crippen LogP contribution in [0.25, 0.3) is 22.1 Å². The van der Waals surface area contributed by atoms with Gasteiger partial charge in [-0.15, -0.1) is 5.16 Å². The number of rotatable bonds is 5. The number of piperidine rings is 1. The van der Waals surface area contributed by atoms with Crippen molar-refractivity contribution in [2.45, 2.75) is 53.5 Å². The highest BCUT2D eigenvalue weighted by Crippen LogP contribution is 2.38. The molecule has 3 heterocycles. The van der Waals surface area contributed by atoms with E-state index in [0.717, 1.165) is 37.1 Å². The molecular weight excluding hydrogens is 532 g/mol. The lowest BCUT2D eigenvalue weighted by Crippen LogP contribution is -2.38. The molecule has 0 aliphatic carbocycles. The zero-order valence-corrected chi connectivity index (χ0v) is 24.6. The molecule has 3 aromatic carbocycles. The summed E-state index contributed by atoms with van der Waals surface area (Å²) in [6.07, 6.45) is 3.55. The van der Waals surface area contributed by atoms with E-state index in [9.17, 15) is 9.82 Å². The number of nitrogens with one attached hydrogen (secondary N) is 1. The first-order valence-corrected chi connectivity index (χ1v) is 14.4. The lowest BCUT2D eigenvalue weighted by Gasteiger charge is -2.37. The van der Waals surface area contributed by atoms with Crippen LogP contribution in [0.5, 0.6) is 0 Å². The Morgan fingerprint density at radius 2 is 1.88 bits per heavy atom. The van der Waals surface area contributed by atoms with E-state index in [2.05, 4.69) is 29.2 Å². The van der Waals surface area contributed by atoms with Crippen molar-refractivity contribution in [3.63, 3.8) is 0 Å². The fourth-order valence-electron chi connectivity index (χ4n) is 6.01. The molecule has 42 heavy (non-hydrogen) atoms. The van der Waals surface area contributed by atoms with Crippen LogP contribution in [-0.4, -0.2) is 31.4 Å². The molecule has 0 spiro atoms. The SMILES string of the molecule is Cc1cc([C@@H](C)Nc2cccc(F)c2-c2ccc3c(c2)C=NOB3O)c2oc(N3CCC(C)(C)CC3)c(C)c(=O)c2c1. The van der Waals surface area contributed by atoms with Crippen LogP contribution >= 0.6 is 0 Å². The molecule has 1 saturated heterocycles. The summed E-state index contributed by atoms with van der Waals surface area (Å²) in [4.78, 5) is 15.8. The second-order valence-electron chi connectivity index (χ2n) is 12.3. The van der Waals surface area contributed by atoms with Crippen LogP contribution in [0.3, 0.4) is 0 Å². The molecule has 0 radical (unpaired) electrons. The first kappa shape index (κ1) is 28.0. The van der Waals surface area contributed by atoms with Gasteiger partial charge in [0.05, 0.1) is 23.2 Å². The normalized spacial score (nSPS) is 16.7. The zero-order chi connectivity index (χ0) is 29.8. The van der Waals surface area contributed by atoms with Gasteiger partial charge in [0.1, 0.15) is 11.4 Å². The number of oxime groups is 1. The van der Waals surface area contributed by atoms with Gasteiger partial charge < -0.3 is 24.4 Å². The molecule has 1 atom stereocenters. The van der Waals surface area contributed by atoms with Crippen molar-refractivity contribution < 1.29 is 18.6 Å². The highest BCUT2D eigenvalue weighted by Gasteiger charge is 2.29. The van der Waals surface area contributed by atoms with E-state index in [0.29, 0.717) is 50.3 Å². The van der Waals surface area contributed by atoms with Gasteiger partial charge in [-0.1, -0.05) is 38.1 Å². The summed E-state index contributed by atoms with van der Waals surface area (Å²) in [5.41, 5.74) is 6.03. The van der Waals surface area contributed by atoms with Crippen LogP contribution in [0, 0.1) is 25.1 Å². The maximum atomic E-state index is 15.4. The number of benzene rings is 3. The average Bonchev–Trinajstić information content (AvgIpc) is 2.95. The smallest absolute Gasteiger partial charge is 0.440 e. The molecule has 2 aliphatic rings. The van der Waals surface area contributed by atoms with Crippen molar-refractivity contribution in [2.24, 2.45) is 10.6 Å². The topological polar surface area (TPSA) is 87.3 Å². The fraction of sp³-hybridized carbons (Fsp3) is 0.333. The standard InChI is InChI=1S/C33H35BFN3O4/c1-19-15-24(31-25(16-19)30(39)20(2)32(41-31)38-13-11-33(4,5)12-14-38)21(3)37-28-8-6-7-27(35)29(28)22-9-10-26-23(17-22)18-36-42-34(26)40/h6-10,15-18,21,37,40H,11-14H2,1-5H3/t21-/m1/s1. The number of anilines is 2. The predicted molar refractivity (Wildman–Crippen MR) is 167 cm³/mol. The minimum absolute atomic E-state index is 0.0263. The van der Waals surface area contributed by atoms with Gasteiger partial charge >= 0.3 is 7.12 Å². The monoisotopic (exact) mass is 567 g/mol. The van der Waals surface area contributed by atoms with Crippen molar-refractivity contribution in [1.82, 2.24) is 0 Å². The van der Waals surface area contributed by atoms with E-state index in [1.807, 2.05) is 39.0 Å². The molecule has 0 saturated carbocycles. The molecule has 1 aromatic heterocycles. The lowest BCUT2D eigenvalue weighted by molar-refractivity contribution is 0.274. The Labute approximate surface area is 245 Å².